The molecule has 0 aliphatic carbocycles. The first-order valence-electron chi connectivity index (χ1n) is 6.79. The van der Waals surface area contributed by atoms with Crippen molar-refractivity contribution in [3.8, 4) is 17.7 Å². The summed E-state index contributed by atoms with van der Waals surface area (Å²) >= 11 is 5.98. The van der Waals surface area contributed by atoms with E-state index in [9.17, 15) is 26.9 Å². The lowest BCUT2D eigenvalue weighted by molar-refractivity contribution is -0.0355. The van der Waals surface area contributed by atoms with Crippen LogP contribution >= 0.6 is 11.6 Å². The summed E-state index contributed by atoms with van der Waals surface area (Å²) in [5.41, 5.74) is -0.630. The number of aliphatic hydroxyl groups is 1. The molecule has 0 amide bonds. The Hall–Kier alpha value is -2.35. The van der Waals surface area contributed by atoms with Gasteiger partial charge in [-0.05, 0) is 12.1 Å². The minimum atomic E-state index is -4.60. The minimum absolute atomic E-state index is 0.314. The second kappa shape index (κ2) is 6.12. The average molecular weight is 407 g/mol. The first kappa shape index (κ1) is 18.4. The van der Waals surface area contributed by atoms with Crippen molar-refractivity contribution in [2.45, 2.75) is 16.3 Å². The number of alkyl halides is 2. The summed E-state index contributed by atoms with van der Waals surface area (Å²) in [6.07, 6.45) is -1.55. The maximum atomic E-state index is 14.2. The van der Waals surface area contributed by atoms with Gasteiger partial charge in [-0.2, -0.15) is 14.0 Å². The molecule has 3 rings (SSSR count). The predicted molar refractivity (Wildman–Crippen MR) is 82.2 cm³/mol. The minimum Gasteiger partial charge on any atom is -0.456 e. The summed E-state index contributed by atoms with van der Waals surface area (Å²) in [4.78, 5) is -0.612. The monoisotopic (exact) mass is 406 g/mol. The summed E-state index contributed by atoms with van der Waals surface area (Å²) in [5.74, 6) is -2.52. The highest BCUT2D eigenvalue weighted by Crippen LogP contribution is 2.54. The van der Waals surface area contributed by atoms with Gasteiger partial charge in [-0.1, -0.05) is 11.6 Å². The van der Waals surface area contributed by atoms with Crippen LogP contribution in [0.4, 0.5) is 17.6 Å². The third-order valence-corrected chi connectivity index (χ3v) is 6.24. The molecule has 2 aromatic carbocycles. The summed E-state index contributed by atoms with van der Waals surface area (Å²) in [7, 11) is -4.60. The van der Waals surface area contributed by atoms with E-state index in [1.165, 1.54) is 0 Å². The molecule has 1 aliphatic heterocycles. The van der Waals surface area contributed by atoms with Crippen LogP contribution in [0.2, 0.25) is 5.02 Å². The van der Waals surface area contributed by atoms with E-state index in [1.54, 1.807) is 0 Å². The molecule has 2 atom stereocenters. The van der Waals surface area contributed by atoms with Crippen molar-refractivity contribution in [1.29, 1.82) is 5.26 Å². The Kier molecular flexibility index (Phi) is 4.34. The molecular weight excluding hydrogens is 400 g/mol. The van der Waals surface area contributed by atoms with Crippen LogP contribution in [0.25, 0.3) is 0 Å². The molecule has 26 heavy (non-hydrogen) atoms. The molecule has 0 fully saturated rings. The van der Waals surface area contributed by atoms with Crippen LogP contribution < -0.4 is 4.74 Å². The Bertz CT molecular complexity index is 1060. The van der Waals surface area contributed by atoms with Crippen LogP contribution in [0.3, 0.4) is 0 Å². The molecule has 0 spiro atoms. The molecule has 1 N–H and O–H groups in total. The molecule has 0 saturated heterocycles. The van der Waals surface area contributed by atoms with E-state index in [2.05, 4.69) is 4.36 Å². The van der Waals surface area contributed by atoms with E-state index in [0.29, 0.717) is 6.07 Å². The summed E-state index contributed by atoms with van der Waals surface area (Å²) in [6, 6.07) is 4.17. The number of halogens is 5. The molecule has 2 aromatic rings. The molecule has 0 aromatic heterocycles. The number of benzene rings is 2. The topological polar surface area (TPSA) is 82.7 Å². The normalized spacial score (nSPS) is 23.2. The molecule has 0 radical (unpaired) electrons. The zero-order valence-electron chi connectivity index (χ0n) is 12.4. The van der Waals surface area contributed by atoms with Gasteiger partial charge in [0.05, 0.1) is 9.92 Å². The molecule has 11 heteroatoms. The zero-order chi connectivity index (χ0) is 19.3. The third-order valence-electron chi connectivity index (χ3n) is 3.60. The van der Waals surface area contributed by atoms with Crippen molar-refractivity contribution in [2.24, 2.45) is 4.36 Å². The molecule has 2 unspecified atom stereocenters. The first-order valence-corrected chi connectivity index (χ1v) is 8.68. The van der Waals surface area contributed by atoms with Crippen LogP contribution in [0, 0.1) is 23.1 Å². The van der Waals surface area contributed by atoms with Gasteiger partial charge >= 0.3 is 5.25 Å². The number of nitrogens with zero attached hydrogens (tertiary/aromatic N) is 2. The highest BCUT2D eigenvalue weighted by molar-refractivity contribution is 7.95. The average Bonchev–Trinajstić information content (AvgIpc) is 2.68. The second-order valence-electron chi connectivity index (χ2n) is 5.18. The van der Waals surface area contributed by atoms with Crippen LogP contribution in [-0.2, 0) is 9.73 Å². The number of fused-ring (bicyclic) bond motifs is 1. The van der Waals surface area contributed by atoms with E-state index >= 15 is 0 Å². The van der Waals surface area contributed by atoms with Crippen molar-refractivity contribution < 1.29 is 31.6 Å². The molecule has 0 saturated carbocycles. The summed E-state index contributed by atoms with van der Waals surface area (Å²) < 4.78 is 75.4. The first-order chi connectivity index (χ1) is 12.1. The van der Waals surface area contributed by atoms with Crippen LogP contribution in [0.15, 0.2) is 39.6 Å². The number of hydrogen-bond acceptors (Lipinski definition) is 5. The lowest BCUT2D eigenvalue weighted by Crippen LogP contribution is -2.28. The maximum Gasteiger partial charge on any atom is 0.362 e. The van der Waals surface area contributed by atoms with Gasteiger partial charge in [0.2, 0.25) is 6.19 Å². The standard InChI is InChI=1S/C15H7ClF4N2O3S/c16-13-10(25-9-4-7(17)3-8(18)5-9)1-2-11-12(13)14(23)15(19,20)26(11,24)22-6-21/h1-5,14,23H. The largest absolute Gasteiger partial charge is 0.456 e. The van der Waals surface area contributed by atoms with Crippen LogP contribution in [0.1, 0.15) is 11.7 Å². The van der Waals surface area contributed by atoms with Gasteiger partial charge in [0.25, 0.3) is 0 Å². The fourth-order valence-corrected chi connectivity index (χ4v) is 4.65. The van der Waals surface area contributed by atoms with Gasteiger partial charge in [0, 0.05) is 23.8 Å². The quantitative estimate of drug-likeness (QED) is 0.593. The number of ether oxygens (including phenoxy) is 1. The van der Waals surface area contributed by atoms with Crippen molar-refractivity contribution in [3.63, 3.8) is 0 Å². The van der Waals surface area contributed by atoms with Gasteiger partial charge in [0.15, 0.2) is 15.8 Å². The Morgan fingerprint density at radius 2 is 1.88 bits per heavy atom. The van der Waals surface area contributed by atoms with Crippen LogP contribution in [0.5, 0.6) is 11.5 Å². The fourth-order valence-electron chi connectivity index (χ4n) is 2.48. The summed E-state index contributed by atoms with van der Waals surface area (Å²) in [6.45, 7) is 0. The highest BCUT2D eigenvalue weighted by Gasteiger charge is 2.59. The lowest BCUT2D eigenvalue weighted by atomic mass is 10.1. The van der Waals surface area contributed by atoms with E-state index in [-0.39, 0.29) is 11.5 Å². The van der Waals surface area contributed by atoms with Gasteiger partial charge in [-0.15, -0.1) is 4.36 Å². The van der Waals surface area contributed by atoms with Crippen molar-refractivity contribution in [2.75, 3.05) is 0 Å². The SMILES string of the molecule is N#CN=S1(=O)c2ccc(Oc3cc(F)cc(F)c3)c(Cl)c2C(O)C1(F)F. The van der Waals surface area contributed by atoms with E-state index < -0.39 is 48.2 Å². The Morgan fingerprint density at radius 1 is 1.27 bits per heavy atom. The Morgan fingerprint density at radius 3 is 2.46 bits per heavy atom. The summed E-state index contributed by atoms with van der Waals surface area (Å²) in [5, 5.41) is 13.6. The number of rotatable bonds is 2. The van der Waals surface area contributed by atoms with Crippen molar-refractivity contribution in [3.05, 3.63) is 52.6 Å². The molecule has 5 nitrogen and oxygen atoms in total. The van der Waals surface area contributed by atoms with Crippen molar-refractivity contribution >= 4 is 21.3 Å². The van der Waals surface area contributed by atoms with E-state index in [1.807, 2.05) is 0 Å². The van der Waals surface area contributed by atoms with Gasteiger partial charge in [-0.3, -0.25) is 0 Å². The van der Waals surface area contributed by atoms with Gasteiger partial charge < -0.3 is 9.84 Å². The van der Waals surface area contributed by atoms with Crippen molar-refractivity contribution in [1.82, 2.24) is 0 Å². The van der Waals surface area contributed by atoms with Crippen LogP contribution in [-0.4, -0.2) is 14.6 Å². The maximum absolute atomic E-state index is 14.2. The molecule has 1 heterocycles. The Balaban J connectivity index is 2.16. The third kappa shape index (κ3) is 2.59. The zero-order valence-corrected chi connectivity index (χ0v) is 14.0. The lowest BCUT2D eigenvalue weighted by Gasteiger charge is -2.15. The van der Waals surface area contributed by atoms with Gasteiger partial charge in [-0.25, -0.2) is 13.0 Å². The smallest absolute Gasteiger partial charge is 0.362 e. The molecule has 1 aliphatic rings. The molecule has 0 bridgehead atoms. The van der Waals surface area contributed by atoms with Gasteiger partial charge in [0.1, 0.15) is 23.1 Å². The molecular formula is C15H7ClF4N2O3S. The predicted octanol–water partition coefficient (Wildman–Crippen LogP) is 4.36. The number of aliphatic hydroxyl groups excluding tert-OH is 1. The Labute approximate surface area is 149 Å². The fraction of sp³-hybridized carbons (Fsp3) is 0.133. The van der Waals surface area contributed by atoms with E-state index in [0.717, 1.165) is 30.5 Å². The second-order valence-corrected chi connectivity index (χ2v) is 7.77. The number of hydrogen-bond donors (Lipinski definition) is 1. The number of nitriles is 1. The highest BCUT2D eigenvalue weighted by atomic mass is 35.5. The molecule has 136 valence electrons. The van der Waals surface area contributed by atoms with E-state index in [4.69, 9.17) is 21.6 Å².